The van der Waals surface area contributed by atoms with Crippen molar-refractivity contribution >= 4 is 11.4 Å². The standard InChI is InChI=1S/C14H22N2/c1-9-7-10(2)13(15)12(8-9)11(3)16-14(4,5)6/h7-8,16H,3,15H2,1-2,4-6H3. The summed E-state index contributed by atoms with van der Waals surface area (Å²) in [5.41, 5.74) is 11.1. The van der Waals surface area contributed by atoms with Crippen LogP contribution in [0, 0.1) is 13.8 Å². The van der Waals surface area contributed by atoms with Crippen molar-refractivity contribution in [2.24, 2.45) is 0 Å². The van der Waals surface area contributed by atoms with Crippen molar-refractivity contribution in [2.45, 2.75) is 40.2 Å². The number of rotatable bonds is 2. The van der Waals surface area contributed by atoms with Gasteiger partial charge in [0.1, 0.15) is 0 Å². The minimum Gasteiger partial charge on any atom is -0.398 e. The van der Waals surface area contributed by atoms with Crippen molar-refractivity contribution in [3.05, 3.63) is 35.4 Å². The number of benzene rings is 1. The lowest BCUT2D eigenvalue weighted by atomic mass is 10.0. The van der Waals surface area contributed by atoms with Gasteiger partial charge in [-0.15, -0.1) is 0 Å². The highest BCUT2D eigenvalue weighted by atomic mass is 15.0. The summed E-state index contributed by atoms with van der Waals surface area (Å²) >= 11 is 0. The molecule has 0 saturated heterocycles. The molecule has 1 aromatic carbocycles. The smallest absolute Gasteiger partial charge is 0.0438 e. The molecule has 0 unspecified atom stereocenters. The minimum absolute atomic E-state index is 0.00116. The second-order valence-electron chi connectivity index (χ2n) is 5.40. The van der Waals surface area contributed by atoms with Crippen molar-refractivity contribution in [1.29, 1.82) is 0 Å². The molecule has 0 aliphatic carbocycles. The Kier molecular flexibility index (Phi) is 3.32. The zero-order chi connectivity index (χ0) is 12.5. The summed E-state index contributed by atoms with van der Waals surface area (Å²) in [4.78, 5) is 0. The summed E-state index contributed by atoms with van der Waals surface area (Å²) in [7, 11) is 0. The molecule has 2 nitrogen and oxygen atoms in total. The third-order valence-electron chi connectivity index (χ3n) is 2.38. The average Bonchev–Trinajstić information content (AvgIpc) is 2.08. The highest BCUT2D eigenvalue weighted by Crippen LogP contribution is 2.25. The van der Waals surface area contributed by atoms with E-state index in [4.69, 9.17) is 5.73 Å². The first-order valence-electron chi connectivity index (χ1n) is 5.55. The molecule has 2 heteroatoms. The van der Waals surface area contributed by atoms with E-state index in [0.29, 0.717) is 0 Å². The summed E-state index contributed by atoms with van der Waals surface area (Å²) in [6, 6.07) is 4.16. The third kappa shape index (κ3) is 3.02. The van der Waals surface area contributed by atoms with Crippen LogP contribution in [-0.2, 0) is 0 Å². The molecule has 88 valence electrons. The molecule has 1 rings (SSSR count). The zero-order valence-electron chi connectivity index (χ0n) is 10.9. The number of aryl methyl sites for hydroxylation is 2. The predicted molar refractivity (Wildman–Crippen MR) is 72.3 cm³/mol. The first-order valence-corrected chi connectivity index (χ1v) is 5.55. The number of hydrogen-bond donors (Lipinski definition) is 2. The van der Waals surface area contributed by atoms with E-state index in [1.165, 1.54) is 5.56 Å². The molecule has 0 fully saturated rings. The Morgan fingerprint density at radius 1 is 1.25 bits per heavy atom. The lowest BCUT2D eigenvalue weighted by Crippen LogP contribution is -2.34. The van der Waals surface area contributed by atoms with E-state index in [9.17, 15) is 0 Å². The van der Waals surface area contributed by atoms with Gasteiger partial charge in [0.25, 0.3) is 0 Å². The zero-order valence-corrected chi connectivity index (χ0v) is 10.9. The van der Waals surface area contributed by atoms with Gasteiger partial charge in [-0.25, -0.2) is 0 Å². The van der Waals surface area contributed by atoms with Crippen LogP contribution >= 0.6 is 0 Å². The van der Waals surface area contributed by atoms with Crippen molar-refractivity contribution < 1.29 is 0 Å². The SMILES string of the molecule is C=C(NC(C)(C)C)c1cc(C)cc(C)c1N. The molecule has 0 spiro atoms. The molecule has 0 bridgehead atoms. The molecule has 0 amide bonds. The fourth-order valence-electron chi connectivity index (χ4n) is 1.75. The normalized spacial score (nSPS) is 11.3. The van der Waals surface area contributed by atoms with E-state index in [1.807, 2.05) is 6.92 Å². The second kappa shape index (κ2) is 4.20. The van der Waals surface area contributed by atoms with Crippen LogP contribution in [0.3, 0.4) is 0 Å². The van der Waals surface area contributed by atoms with Crippen LogP contribution in [-0.4, -0.2) is 5.54 Å². The van der Waals surface area contributed by atoms with Gasteiger partial charge in [0, 0.05) is 22.5 Å². The number of anilines is 1. The number of nitrogens with two attached hydrogens (primary N) is 1. The van der Waals surface area contributed by atoms with Crippen LogP contribution in [0.15, 0.2) is 18.7 Å². The molecule has 0 atom stereocenters. The van der Waals surface area contributed by atoms with Crippen LogP contribution in [0.4, 0.5) is 5.69 Å². The van der Waals surface area contributed by atoms with Gasteiger partial charge in [-0.3, -0.25) is 0 Å². The van der Waals surface area contributed by atoms with Gasteiger partial charge >= 0.3 is 0 Å². The highest BCUT2D eigenvalue weighted by Gasteiger charge is 2.13. The molecular weight excluding hydrogens is 196 g/mol. The van der Waals surface area contributed by atoms with Gasteiger partial charge in [-0.2, -0.15) is 0 Å². The van der Waals surface area contributed by atoms with E-state index >= 15 is 0 Å². The fraction of sp³-hybridized carbons (Fsp3) is 0.429. The maximum Gasteiger partial charge on any atom is 0.0438 e. The van der Waals surface area contributed by atoms with Crippen molar-refractivity contribution in [3.63, 3.8) is 0 Å². The maximum atomic E-state index is 6.07. The van der Waals surface area contributed by atoms with Crippen LogP contribution < -0.4 is 11.1 Å². The molecule has 3 N–H and O–H groups in total. The summed E-state index contributed by atoms with van der Waals surface area (Å²) in [6.45, 7) is 14.5. The van der Waals surface area contributed by atoms with Crippen molar-refractivity contribution in [2.75, 3.05) is 5.73 Å². The van der Waals surface area contributed by atoms with Crippen LogP contribution in [0.2, 0.25) is 0 Å². The molecule has 0 saturated carbocycles. The maximum absolute atomic E-state index is 6.07. The largest absolute Gasteiger partial charge is 0.398 e. The van der Waals surface area contributed by atoms with Gasteiger partial charge in [0.15, 0.2) is 0 Å². The van der Waals surface area contributed by atoms with Gasteiger partial charge in [-0.05, 0) is 46.2 Å². The summed E-state index contributed by atoms with van der Waals surface area (Å²) in [5.74, 6) is 0. The fourth-order valence-corrected chi connectivity index (χ4v) is 1.75. The van der Waals surface area contributed by atoms with Gasteiger partial charge in [0.05, 0.1) is 0 Å². The third-order valence-corrected chi connectivity index (χ3v) is 2.38. The summed E-state index contributed by atoms with van der Waals surface area (Å²) < 4.78 is 0. The summed E-state index contributed by atoms with van der Waals surface area (Å²) in [5, 5.41) is 3.36. The molecule has 16 heavy (non-hydrogen) atoms. The van der Waals surface area contributed by atoms with E-state index in [1.54, 1.807) is 0 Å². The van der Waals surface area contributed by atoms with Gasteiger partial charge in [-0.1, -0.05) is 18.2 Å². The first kappa shape index (κ1) is 12.6. The lowest BCUT2D eigenvalue weighted by Gasteiger charge is -2.25. The average molecular weight is 218 g/mol. The van der Waals surface area contributed by atoms with Crippen molar-refractivity contribution in [1.82, 2.24) is 5.32 Å². The van der Waals surface area contributed by atoms with Gasteiger partial charge < -0.3 is 11.1 Å². The number of hydrogen-bond acceptors (Lipinski definition) is 2. The van der Waals surface area contributed by atoms with E-state index in [-0.39, 0.29) is 5.54 Å². The molecular formula is C14H22N2. The quantitative estimate of drug-likeness (QED) is 0.748. The highest BCUT2D eigenvalue weighted by molar-refractivity contribution is 5.75. The van der Waals surface area contributed by atoms with Crippen LogP contribution in [0.25, 0.3) is 5.70 Å². The predicted octanol–water partition coefficient (Wildman–Crippen LogP) is 3.24. The number of nitrogens with one attached hydrogen (secondary N) is 1. The van der Waals surface area contributed by atoms with E-state index in [0.717, 1.165) is 22.5 Å². The van der Waals surface area contributed by atoms with Crippen molar-refractivity contribution in [3.8, 4) is 0 Å². The molecule has 0 heterocycles. The Labute approximate surface area is 98.6 Å². The van der Waals surface area contributed by atoms with Crippen LogP contribution in [0.5, 0.6) is 0 Å². The Morgan fingerprint density at radius 2 is 1.81 bits per heavy atom. The number of nitrogen functional groups attached to an aromatic ring is 1. The van der Waals surface area contributed by atoms with Gasteiger partial charge in [0.2, 0.25) is 0 Å². The Balaban J connectivity index is 3.09. The Bertz CT molecular complexity index is 411. The topological polar surface area (TPSA) is 38.0 Å². The first-order chi connectivity index (χ1) is 7.20. The molecule has 0 radical (unpaired) electrons. The Hall–Kier alpha value is -1.44. The molecule has 1 aromatic rings. The van der Waals surface area contributed by atoms with Crippen LogP contribution in [0.1, 0.15) is 37.5 Å². The molecule has 0 aliphatic rings. The molecule has 0 aromatic heterocycles. The van der Waals surface area contributed by atoms with E-state index < -0.39 is 0 Å². The minimum atomic E-state index is 0.00116. The van der Waals surface area contributed by atoms with E-state index in [2.05, 4.69) is 51.7 Å². The second-order valence-corrected chi connectivity index (χ2v) is 5.40. The monoisotopic (exact) mass is 218 g/mol. The summed E-state index contributed by atoms with van der Waals surface area (Å²) in [6.07, 6.45) is 0. The Morgan fingerprint density at radius 3 is 2.31 bits per heavy atom. The molecule has 0 aliphatic heterocycles. The lowest BCUT2D eigenvalue weighted by molar-refractivity contribution is 0.502.